The monoisotopic (exact) mass is 1030 g/mol. The number of hydrogen-bond donors (Lipinski definition) is 4. The topological polar surface area (TPSA) is 229 Å². The average Bonchev–Trinajstić information content (AvgIpc) is 3.92. The van der Waals surface area contributed by atoms with Crippen molar-refractivity contribution in [3.05, 3.63) is 120 Å². The van der Waals surface area contributed by atoms with E-state index in [0.29, 0.717) is 74.2 Å². The summed E-state index contributed by atoms with van der Waals surface area (Å²) in [6, 6.07) is 27.5. The minimum absolute atomic E-state index is 0.0214. The van der Waals surface area contributed by atoms with E-state index in [4.69, 9.17) is 15.7 Å². The smallest absolute Gasteiger partial charge is 0.287 e. The Morgan fingerprint density at radius 2 is 1.63 bits per heavy atom. The van der Waals surface area contributed by atoms with Gasteiger partial charge in [-0.3, -0.25) is 23.9 Å². The minimum Gasteiger partial charge on any atom is -0.508 e. The van der Waals surface area contributed by atoms with E-state index in [1.165, 1.54) is 27.5 Å². The van der Waals surface area contributed by atoms with Crippen molar-refractivity contribution in [1.82, 2.24) is 44.3 Å². The third-order valence-corrected chi connectivity index (χ3v) is 15.6. The van der Waals surface area contributed by atoms with Crippen LogP contribution in [-0.4, -0.2) is 157 Å². The Hall–Kier alpha value is -8.08. The lowest BCUT2D eigenvalue weighted by atomic mass is 9.95. The molecule has 6 heterocycles. The van der Waals surface area contributed by atoms with E-state index in [2.05, 4.69) is 90.2 Å². The molecule has 19 heteroatoms. The van der Waals surface area contributed by atoms with E-state index >= 15 is 0 Å². The van der Waals surface area contributed by atoms with Crippen LogP contribution in [0.3, 0.4) is 0 Å². The molecule has 0 radical (unpaired) electrons. The van der Waals surface area contributed by atoms with Crippen LogP contribution in [0.25, 0.3) is 27.8 Å². The Morgan fingerprint density at radius 3 is 2.38 bits per heavy atom. The molecular formula is C57H66N14O5. The van der Waals surface area contributed by atoms with Crippen LogP contribution in [0.15, 0.2) is 91.5 Å². The number of carbonyl (C=O) groups excluding carboxylic acids is 3. The highest BCUT2D eigenvalue weighted by Gasteiger charge is 2.34. The SMILES string of the molecule is C=CC(=O)N1CCN(c2nc(NCCC(=O)N3CCC(CN4CCN(Cc5ccc(-n6c(C(N)=O)nnc6-c6cc(CC)c(O)cc6O)cc5)CC4)CC3)nc3c2CCN(c2cccc4ccccc24)C3)C[C@H]1CC#N. The number of carbonyl (C=O) groups is 3. The second-order valence-corrected chi connectivity index (χ2v) is 20.3. The zero-order valence-corrected chi connectivity index (χ0v) is 43.1. The predicted octanol–water partition coefficient (Wildman–Crippen LogP) is 5.49. The number of anilines is 3. The fourth-order valence-corrected chi connectivity index (χ4v) is 11.4. The second-order valence-electron chi connectivity index (χ2n) is 20.3. The molecule has 76 heavy (non-hydrogen) atoms. The minimum atomic E-state index is -0.753. The lowest BCUT2D eigenvalue weighted by molar-refractivity contribution is -0.132. The van der Waals surface area contributed by atoms with Gasteiger partial charge in [-0.05, 0) is 78.5 Å². The molecule has 3 saturated heterocycles. The summed E-state index contributed by atoms with van der Waals surface area (Å²) in [5.74, 6) is 0.978. The first-order valence-electron chi connectivity index (χ1n) is 26.5. The average molecular weight is 1030 g/mol. The van der Waals surface area contributed by atoms with Crippen LogP contribution in [0.4, 0.5) is 17.5 Å². The van der Waals surface area contributed by atoms with Gasteiger partial charge in [0.2, 0.25) is 23.6 Å². The molecule has 4 aliphatic rings. The molecule has 3 amide bonds. The third-order valence-electron chi connectivity index (χ3n) is 15.6. The second kappa shape index (κ2) is 22.8. The van der Waals surface area contributed by atoms with Gasteiger partial charge in [0.15, 0.2) is 5.82 Å². The van der Waals surface area contributed by atoms with Crippen molar-refractivity contribution in [2.24, 2.45) is 11.7 Å². The number of phenolic OH excluding ortho intramolecular Hbond substituents is 2. The van der Waals surface area contributed by atoms with Gasteiger partial charge in [0, 0.05) is 120 Å². The van der Waals surface area contributed by atoms with Crippen LogP contribution in [0.5, 0.6) is 11.5 Å². The molecule has 4 aliphatic heterocycles. The van der Waals surface area contributed by atoms with Crippen LogP contribution in [0.1, 0.15) is 65.6 Å². The van der Waals surface area contributed by atoms with Crippen molar-refractivity contribution >= 4 is 45.9 Å². The van der Waals surface area contributed by atoms with E-state index in [0.717, 1.165) is 106 Å². The zero-order chi connectivity index (χ0) is 52.9. The zero-order valence-electron chi connectivity index (χ0n) is 43.1. The van der Waals surface area contributed by atoms with Crippen molar-refractivity contribution in [3.8, 4) is 34.6 Å². The Labute approximate surface area is 442 Å². The molecule has 1 atom stereocenters. The van der Waals surface area contributed by atoms with Gasteiger partial charge in [0.05, 0.1) is 36.3 Å². The molecule has 5 N–H and O–H groups in total. The number of hydrogen-bond acceptors (Lipinski definition) is 15. The van der Waals surface area contributed by atoms with Gasteiger partial charge in [0.25, 0.3) is 5.91 Å². The maximum Gasteiger partial charge on any atom is 0.287 e. The molecule has 0 saturated carbocycles. The Morgan fingerprint density at radius 1 is 0.868 bits per heavy atom. The molecular weight excluding hydrogens is 961 g/mol. The first-order valence-corrected chi connectivity index (χ1v) is 26.5. The number of phenols is 2. The summed E-state index contributed by atoms with van der Waals surface area (Å²) >= 11 is 0. The number of aryl methyl sites for hydroxylation is 1. The van der Waals surface area contributed by atoms with E-state index in [9.17, 15) is 29.9 Å². The van der Waals surface area contributed by atoms with Crippen LogP contribution >= 0.6 is 0 Å². The van der Waals surface area contributed by atoms with Gasteiger partial charge >= 0.3 is 0 Å². The molecule has 394 valence electrons. The number of nitrogens with two attached hydrogens (primary N) is 1. The number of piperazine rings is 2. The molecule has 2 aromatic heterocycles. The van der Waals surface area contributed by atoms with Gasteiger partial charge in [-0.25, -0.2) is 4.98 Å². The van der Waals surface area contributed by atoms with Gasteiger partial charge in [-0.15, -0.1) is 10.2 Å². The quantitative estimate of drug-likeness (QED) is 0.0880. The fourth-order valence-electron chi connectivity index (χ4n) is 11.4. The summed E-state index contributed by atoms with van der Waals surface area (Å²) in [7, 11) is 0. The molecule has 0 bridgehead atoms. The standard InChI is InChI=1S/C57H66N14O5/c1-3-40-32-46(50(73)33-49(40)72)55-63-64-56(53(59)76)71(55)42-14-12-38(13-15-42)34-65-26-28-66(29-27-65)35-39-18-23-67(24-19-39)52(75)17-22-60-57-61-47-37-68(48-11-7-9-41-8-5-6-10-44(41)48)25-20-45(47)54(62-57)69-30-31-70(51(74)4-2)43(36-69)16-21-58/h4-15,32-33,39,43,72-73H,2-3,16-20,22-31,34-37H2,1H3,(H2,59,76)(H,60,61,62)/t43-/m1/s1. The van der Waals surface area contributed by atoms with Crippen LogP contribution in [-0.2, 0) is 35.5 Å². The lowest BCUT2D eigenvalue weighted by Gasteiger charge is -2.42. The van der Waals surface area contributed by atoms with Crippen LogP contribution in [0.2, 0.25) is 0 Å². The van der Waals surface area contributed by atoms with E-state index < -0.39 is 5.91 Å². The maximum absolute atomic E-state index is 13.7. The molecule has 10 rings (SSSR count). The van der Waals surface area contributed by atoms with Gasteiger partial charge in [-0.2, -0.15) is 10.2 Å². The van der Waals surface area contributed by atoms with Crippen molar-refractivity contribution in [2.75, 3.05) is 93.7 Å². The number of likely N-dealkylation sites (tertiary alicyclic amines) is 1. The molecule has 0 unspecified atom stereocenters. The predicted molar refractivity (Wildman–Crippen MR) is 291 cm³/mol. The number of nitrogens with one attached hydrogen (secondary N) is 1. The van der Waals surface area contributed by atoms with Crippen molar-refractivity contribution in [3.63, 3.8) is 0 Å². The highest BCUT2D eigenvalue weighted by atomic mass is 16.3. The van der Waals surface area contributed by atoms with Gasteiger partial charge < -0.3 is 45.8 Å². The number of aromatic nitrogens is 5. The first kappa shape index (κ1) is 51.4. The summed E-state index contributed by atoms with van der Waals surface area (Å²) in [4.78, 5) is 62.4. The number of benzene rings is 4. The summed E-state index contributed by atoms with van der Waals surface area (Å²) in [6.07, 6.45) is 5.04. The first-order chi connectivity index (χ1) is 37.0. The molecule has 0 spiro atoms. The number of nitrogens with zero attached hydrogens (tertiary/aromatic N) is 12. The Balaban J connectivity index is 0.715. The molecule has 0 aliphatic carbocycles. The number of primary amides is 1. The van der Waals surface area contributed by atoms with Gasteiger partial charge in [0.1, 0.15) is 17.3 Å². The summed E-state index contributed by atoms with van der Waals surface area (Å²) in [5, 5.41) is 44.8. The number of rotatable bonds is 16. The molecule has 4 aromatic carbocycles. The number of nitriles is 1. The largest absolute Gasteiger partial charge is 0.508 e. The number of piperidine rings is 1. The molecule has 3 fully saturated rings. The highest BCUT2D eigenvalue weighted by molar-refractivity contribution is 5.94. The number of amides is 3. The number of aromatic hydroxyl groups is 2. The number of fused-ring (bicyclic) bond motifs is 2. The van der Waals surface area contributed by atoms with E-state index in [1.807, 2.05) is 36.1 Å². The van der Waals surface area contributed by atoms with Crippen molar-refractivity contribution in [1.29, 1.82) is 5.26 Å². The third kappa shape index (κ3) is 11.0. The van der Waals surface area contributed by atoms with Crippen molar-refractivity contribution in [2.45, 2.75) is 64.6 Å². The summed E-state index contributed by atoms with van der Waals surface area (Å²) < 4.78 is 1.53. The van der Waals surface area contributed by atoms with Crippen molar-refractivity contribution < 1.29 is 24.6 Å². The Kier molecular flexibility index (Phi) is 15.4. The normalized spacial score (nSPS) is 17.6. The fraction of sp³-hybridized carbons (Fsp3) is 0.404. The van der Waals surface area contributed by atoms with Crippen LogP contribution in [0, 0.1) is 17.2 Å². The van der Waals surface area contributed by atoms with E-state index in [1.54, 1.807) is 11.0 Å². The maximum atomic E-state index is 13.7. The van der Waals surface area contributed by atoms with Gasteiger partial charge in [-0.1, -0.05) is 62.0 Å². The molecule has 6 aromatic rings. The van der Waals surface area contributed by atoms with E-state index in [-0.39, 0.29) is 47.4 Å². The lowest BCUT2D eigenvalue weighted by Crippen LogP contribution is -2.55. The van der Waals surface area contributed by atoms with Crippen LogP contribution < -0.4 is 20.9 Å². The Bertz CT molecular complexity index is 3150. The highest BCUT2D eigenvalue weighted by Crippen LogP contribution is 2.37. The summed E-state index contributed by atoms with van der Waals surface area (Å²) in [5.41, 5.74) is 11.6. The molecule has 19 nitrogen and oxygen atoms in total. The summed E-state index contributed by atoms with van der Waals surface area (Å²) in [6.45, 7) is 15.9.